The maximum atomic E-state index is 14.7. The summed E-state index contributed by atoms with van der Waals surface area (Å²) in [4.78, 5) is 28.4. The van der Waals surface area contributed by atoms with E-state index in [0.29, 0.717) is 5.56 Å². The van der Waals surface area contributed by atoms with E-state index in [1.165, 1.54) is 48.5 Å². The summed E-state index contributed by atoms with van der Waals surface area (Å²) in [5.74, 6) is -5.16. The van der Waals surface area contributed by atoms with Gasteiger partial charge in [-0.2, -0.15) is 0 Å². The van der Waals surface area contributed by atoms with Gasteiger partial charge in [0.1, 0.15) is 93.1 Å². The molecule has 0 saturated carbocycles. The van der Waals surface area contributed by atoms with Crippen molar-refractivity contribution in [2.45, 2.75) is 42.7 Å². The molecule has 51 heavy (non-hydrogen) atoms. The molecule has 15 nitrogen and oxygen atoms in total. The number of benzene rings is 4. The van der Waals surface area contributed by atoms with Crippen molar-refractivity contribution in [3.05, 3.63) is 99.7 Å². The maximum Gasteiger partial charge on any atom is 0.229 e. The van der Waals surface area contributed by atoms with Crippen molar-refractivity contribution in [2.24, 2.45) is 0 Å². The van der Waals surface area contributed by atoms with E-state index in [1.54, 1.807) is 0 Å². The second-order valence-corrected chi connectivity index (χ2v) is 12.2. The molecule has 7 atom stereocenters. The molecule has 1 fully saturated rings. The van der Waals surface area contributed by atoms with Crippen LogP contribution in [0.1, 0.15) is 33.5 Å². The number of carbonyl (C=O) groups excluding carboxylic acids is 1. The first-order chi connectivity index (χ1) is 24.4. The smallest absolute Gasteiger partial charge is 0.229 e. The van der Waals surface area contributed by atoms with Crippen molar-refractivity contribution >= 4 is 16.8 Å². The lowest BCUT2D eigenvalue weighted by atomic mass is 9.79. The van der Waals surface area contributed by atoms with Crippen LogP contribution in [0.15, 0.2) is 82.0 Å². The van der Waals surface area contributed by atoms with Gasteiger partial charge in [-0.05, 0) is 42.0 Å². The number of aromatic hydroxyl groups is 5. The molecule has 4 aromatic carbocycles. The number of hydrogen-bond acceptors (Lipinski definition) is 15. The molecule has 0 amide bonds. The summed E-state index contributed by atoms with van der Waals surface area (Å²) >= 11 is 0. The van der Waals surface area contributed by atoms with Crippen LogP contribution in [0.2, 0.25) is 0 Å². The molecule has 1 aromatic heterocycles. The Morgan fingerprint density at radius 3 is 2.06 bits per heavy atom. The lowest BCUT2D eigenvalue weighted by Gasteiger charge is -2.40. The minimum absolute atomic E-state index is 0.0725. The molecule has 0 bridgehead atoms. The van der Waals surface area contributed by atoms with Gasteiger partial charge in [-0.1, -0.05) is 12.1 Å². The molecule has 2 aliphatic heterocycles. The van der Waals surface area contributed by atoms with Crippen LogP contribution >= 0.6 is 0 Å². The molecule has 3 heterocycles. The molecule has 2 aliphatic rings. The van der Waals surface area contributed by atoms with Crippen LogP contribution in [0.5, 0.6) is 40.2 Å². The van der Waals surface area contributed by atoms with Gasteiger partial charge in [-0.25, -0.2) is 0 Å². The Morgan fingerprint density at radius 2 is 1.39 bits per heavy atom. The van der Waals surface area contributed by atoms with Crippen molar-refractivity contribution in [2.75, 3.05) is 6.61 Å². The normalized spacial score (nSPS) is 24.5. The van der Waals surface area contributed by atoms with Gasteiger partial charge in [-0.15, -0.1) is 0 Å². The first kappa shape index (κ1) is 33.6. The standard InChI is InChI=1S/C36H30O15/c37-13-25-30(44)32(46)33(47)36(51-25)50-24-12-21(43)26-20(42)11-22(14-1-5-16(38)6-2-14)48-35(26)28(24)29-31(45)27-19(41)9-18(40)10-23(27)49-34(29)15-3-7-17(39)8-4-15/h1-12,25,29-30,32-34,36-41,43-44,46-47H,13H2/t25-,29+,30-,32-,33-,34-,36+/m0/s1. The van der Waals surface area contributed by atoms with Gasteiger partial charge in [0.25, 0.3) is 0 Å². The number of phenolic OH excluding ortho intramolecular Hbond substituents is 5. The zero-order valence-electron chi connectivity index (χ0n) is 26.2. The molecule has 0 radical (unpaired) electrons. The Bertz CT molecular complexity index is 2190. The van der Waals surface area contributed by atoms with Crippen molar-refractivity contribution in [1.82, 2.24) is 0 Å². The van der Waals surface area contributed by atoms with E-state index in [4.69, 9.17) is 18.6 Å². The molecular weight excluding hydrogens is 672 g/mol. The first-order valence-corrected chi connectivity index (χ1v) is 15.5. The van der Waals surface area contributed by atoms with E-state index < -0.39 is 94.5 Å². The summed E-state index contributed by atoms with van der Waals surface area (Å²) in [6.07, 6.45) is -10.2. The van der Waals surface area contributed by atoms with Gasteiger partial charge in [0, 0.05) is 29.8 Å². The first-order valence-electron chi connectivity index (χ1n) is 15.5. The average molecular weight is 703 g/mol. The largest absolute Gasteiger partial charge is 0.508 e. The molecular formula is C36H30O15. The van der Waals surface area contributed by atoms with Gasteiger partial charge < -0.3 is 64.6 Å². The highest BCUT2D eigenvalue weighted by atomic mass is 16.7. The number of phenols is 5. The van der Waals surface area contributed by atoms with E-state index in [9.17, 15) is 55.5 Å². The van der Waals surface area contributed by atoms with E-state index in [2.05, 4.69) is 0 Å². The number of ketones is 1. The molecule has 5 aromatic rings. The molecule has 15 heteroatoms. The third-order valence-corrected chi connectivity index (χ3v) is 8.91. The third kappa shape index (κ3) is 5.82. The van der Waals surface area contributed by atoms with E-state index in [-0.39, 0.29) is 39.7 Å². The van der Waals surface area contributed by atoms with Gasteiger partial charge in [-0.3, -0.25) is 9.59 Å². The topological polar surface area (TPSA) is 257 Å². The molecule has 264 valence electrons. The van der Waals surface area contributed by atoms with Crippen LogP contribution in [0.25, 0.3) is 22.3 Å². The highest BCUT2D eigenvalue weighted by Crippen LogP contribution is 2.52. The number of rotatable bonds is 6. The van der Waals surface area contributed by atoms with Crippen LogP contribution in [-0.2, 0) is 4.74 Å². The molecule has 0 spiro atoms. The minimum Gasteiger partial charge on any atom is -0.508 e. The SMILES string of the molecule is O=C1c2c(O)cc(O)cc2O[C@@H](c2ccc(O)cc2)[C@@H]1c1c(O[C@@H]2O[C@@H](CO)[C@H](O)[C@H](O)[C@@H]2O)cc(O)c2c(=O)cc(-c3ccc(O)cc3)oc12. The van der Waals surface area contributed by atoms with Crippen LogP contribution in [-0.4, -0.2) is 89.1 Å². The second-order valence-electron chi connectivity index (χ2n) is 12.2. The van der Waals surface area contributed by atoms with Crippen molar-refractivity contribution < 1.29 is 69.4 Å². The fraction of sp³-hybridized carbons (Fsp3) is 0.222. The summed E-state index contributed by atoms with van der Waals surface area (Å²) in [5.41, 5.74) is -1.23. The Labute approximate surface area is 286 Å². The number of hydrogen-bond donors (Lipinski definition) is 9. The van der Waals surface area contributed by atoms with E-state index in [0.717, 1.165) is 24.3 Å². The lowest BCUT2D eigenvalue weighted by Crippen LogP contribution is -2.60. The number of Topliss-reactive ketones (excluding diaryl/α,β-unsaturated/α-hetero) is 1. The van der Waals surface area contributed by atoms with Crippen LogP contribution in [0, 0.1) is 0 Å². The van der Waals surface area contributed by atoms with Crippen LogP contribution in [0.3, 0.4) is 0 Å². The van der Waals surface area contributed by atoms with Gasteiger partial charge in [0.05, 0.1) is 18.1 Å². The third-order valence-electron chi connectivity index (χ3n) is 8.91. The Hall–Kier alpha value is -5.84. The molecule has 9 N–H and O–H groups in total. The Balaban J connectivity index is 1.53. The fourth-order valence-corrected chi connectivity index (χ4v) is 6.39. The number of carbonyl (C=O) groups is 1. The highest BCUT2D eigenvalue weighted by Gasteiger charge is 2.48. The maximum absolute atomic E-state index is 14.7. The van der Waals surface area contributed by atoms with Crippen molar-refractivity contribution in [3.63, 3.8) is 0 Å². The number of fused-ring (bicyclic) bond motifs is 2. The second kappa shape index (κ2) is 12.8. The number of aliphatic hydroxyl groups excluding tert-OH is 4. The molecule has 0 aliphatic carbocycles. The van der Waals surface area contributed by atoms with Gasteiger partial charge in [0.2, 0.25) is 6.29 Å². The van der Waals surface area contributed by atoms with Crippen molar-refractivity contribution in [1.29, 1.82) is 0 Å². The zero-order valence-corrected chi connectivity index (χ0v) is 26.2. The Morgan fingerprint density at radius 1 is 0.725 bits per heavy atom. The molecule has 1 saturated heterocycles. The monoisotopic (exact) mass is 702 g/mol. The predicted molar refractivity (Wildman–Crippen MR) is 174 cm³/mol. The minimum atomic E-state index is -1.94. The number of aliphatic hydroxyl groups is 4. The zero-order chi connectivity index (χ0) is 36.3. The summed E-state index contributed by atoms with van der Waals surface area (Å²) in [6, 6.07) is 15.1. The summed E-state index contributed by atoms with van der Waals surface area (Å²) in [6.45, 7) is -0.799. The summed E-state index contributed by atoms with van der Waals surface area (Å²) in [7, 11) is 0. The molecule has 7 rings (SSSR count). The van der Waals surface area contributed by atoms with Crippen LogP contribution < -0.4 is 14.9 Å². The average Bonchev–Trinajstić information content (AvgIpc) is 3.09. The highest BCUT2D eigenvalue weighted by molar-refractivity contribution is 6.09. The molecule has 0 unspecified atom stereocenters. The quantitative estimate of drug-likeness (QED) is 0.123. The van der Waals surface area contributed by atoms with Crippen LogP contribution in [0.4, 0.5) is 0 Å². The summed E-state index contributed by atoms with van der Waals surface area (Å²) in [5, 5.41) is 93.3. The van der Waals surface area contributed by atoms with Crippen molar-refractivity contribution in [3.8, 4) is 51.6 Å². The van der Waals surface area contributed by atoms with Gasteiger partial charge in [0.15, 0.2) is 11.2 Å². The lowest BCUT2D eigenvalue weighted by molar-refractivity contribution is -0.277. The Kier molecular flexibility index (Phi) is 8.45. The number of ether oxygens (including phenoxy) is 3. The fourth-order valence-electron chi connectivity index (χ4n) is 6.39. The van der Waals surface area contributed by atoms with E-state index >= 15 is 0 Å². The van der Waals surface area contributed by atoms with E-state index in [1.807, 2.05) is 0 Å². The predicted octanol–water partition coefficient (Wildman–Crippen LogP) is 2.27. The van der Waals surface area contributed by atoms with Gasteiger partial charge >= 0.3 is 0 Å². The summed E-state index contributed by atoms with van der Waals surface area (Å²) < 4.78 is 24.1.